The summed E-state index contributed by atoms with van der Waals surface area (Å²) in [5, 5.41) is 0. The van der Waals surface area contributed by atoms with E-state index >= 15 is 0 Å². The number of rotatable bonds is 8. The van der Waals surface area contributed by atoms with Crippen LogP contribution in [-0.4, -0.2) is 18.7 Å². The van der Waals surface area contributed by atoms with Gasteiger partial charge in [0.2, 0.25) is 0 Å². The van der Waals surface area contributed by atoms with Crippen molar-refractivity contribution in [2.45, 2.75) is 39.2 Å². The highest BCUT2D eigenvalue weighted by Crippen LogP contribution is 2.30. The van der Waals surface area contributed by atoms with Crippen LogP contribution in [-0.2, 0) is 16.0 Å². The highest BCUT2D eigenvalue weighted by molar-refractivity contribution is 5.75. The van der Waals surface area contributed by atoms with Crippen molar-refractivity contribution < 1.29 is 14.3 Å². The maximum absolute atomic E-state index is 12.4. The number of carbonyl (C=O) groups excluding carboxylic acids is 1. The van der Waals surface area contributed by atoms with Crippen LogP contribution in [0.4, 0.5) is 0 Å². The zero-order chi connectivity index (χ0) is 20.6. The molecule has 0 spiro atoms. The predicted molar refractivity (Wildman–Crippen MR) is 117 cm³/mol. The van der Waals surface area contributed by atoms with E-state index in [4.69, 9.17) is 9.47 Å². The summed E-state index contributed by atoms with van der Waals surface area (Å²) in [4.78, 5) is 12.4. The third kappa shape index (κ3) is 5.47. The maximum atomic E-state index is 12.4. The number of esters is 1. The molecule has 3 aromatic carbocycles. The molecule has 0 aliphatic rings. The smallest absolute Gasteiger partial charge is 0.347 e. The summed E-state index contributed by atoms with van der Waals surface area (Å²) in [6.07, 6.45) is -0.205. The topological polar surface area (TPSA) is 35.5 Å². The molecule has 0 aliphatic heterocycles. The first-order valence-corrected chi connectivity index (χ1v) is 10.1. The highest BCUT2D eigenvalue weighted by atomic mass is 16.6. The lowest BCUT2D eigenvalue weighted by molar-refractivity contribution is -0.151. The summed E-state index contributed by atoms with van der Waals surface area (Å²) in [6, 6.07) is 26.2. The number of carbonyl (C=O) groups is 1. The van der Waals surface area contributed by atoms with Gasteiger partial charge in [0.1, 0.15) is 5.75 Å². The standard InChI is InChI=1S/C26H28O3/c1-4-28-26(27)25(18-20-10-6-5-7-11-20)29-22-16-14-21(15-17-22)24-13-9-8-12-23(24)19(2)3/h5-17,19,25H,4,18H2,1-3H3/t25-/m1/s1. The Labute approximate surface area is 173 Å². The molecule has 150 valence electrons. The fraction of sp³-hybridized carbons (Fsp3) is 0.269. The van der Waals surface area contributed by atoms with Gasteiger partial charge in [-0.05, 0) is 47.2 Å². The zero-order valence-corrected chi connectivity index (χ0v) is 17.3. The minimum atomic E-state index is -0.675. The van der Waals surface area contributed by atoms with Crippen molar-refractivity contribution in [3.8, 4) is 16.9 Å². The molecule has 0 fully saturated rings. The van der Waals surface area contributed by atoms with E-state index in [1.165, 1.54) is 11.1 Å². The van der Waals surface area contributed by atoms with Crippen molar-refractivity contribution in [2.24, 2.45) is 0 Å². The Morgan fingerprint density at radius 2 is 1.52 bits per heavy atom. The van der Waals surface area contributed by atoms with E-state index in [0.717, 1.165) is 11.1 Å². The molecule has 29 heavy (non-hydrogen) atoms. The summed E-state index contributed by atoms with van der Waals surface area (Å²) < 4.78 is 11.2. The molecule has 3 aromatic rings. The molecule has 0 aliphatic carbocycles. The average Bonchev–Trinajstić information content (AvgIpc) is 2.75. The lowest BCUT2D eigenvalue weighted by Gasteiger charge is -2.18. The van der Waals surface area contributed by atoms with E-state index < -0.39 is 6.10 Å². The van der Waals surface area contributed by atoms with Gasteiger partial charge in [-0.2, -0.15) is 0 Å². The van der Waals surface area contributed by atoms with Gasteiger partial charge in [-0.25, -0.2) is 4.79 Å². The number of hydrogen-bond acceptors (Lipinski definition) is 3. The highest BCUT2D eigenvalue weighted by Gasteiger charge is 2.22. The van der Waals surface area contributed by atoms with Crippen LogP contribution in [0, 0.1) is 0 Å². The second-order valence-electron chi connectivity index (χ2n) is 7.31. The molecule has 3 heteroatoms. The van der Waals surface area contributed by atoms with Crippen LogP contribution in [0.25, 0.3) is 11.1 Å². The van der Waals surface area contributed by atoms with Gasteiger partial charge in [0.25, 0.3) is 0 Å². The van der Waals surface area contributed by atoms with Gasteiger partial charge >= 0.3 is 5.97 Å². The molecular weight excluding hydrogens is 360 g/mol. The van der Waals surface area contributed by atoms with Crippen LogP contribution < -0.4 is 4.74 Å². The second kappa shape index (κ2) is 9.92. The first-order chi connectivity index (χ1) is 14.1. The summed E-state index contributed by atoms with van der Waals surface area (Å²) in [6.45, 7) is 6.53. The lowest BCUT2D eigenvalue weighted by atomic mass is 9.93. The largest absolute Gasteiger partial charge is 0.478 e. The quantitative estimate of drug-likeness (QED) is 0.442. The number of benzene rings is 3. The summed E-state index contributed by atoms with van der Waals surface area (Å²) >= 11 is 0. The van der Waals surface area contributed by atoms with Gasteiger partial charge in [-0.3, -0.25) is 0 Å². The van der Waals surface area contributed by atoms with Crippen molar-refractivity contribution in [1.82, 2.24) is 0 Å². The van der Waals surface area contributed by atoms with E-state index in [9.17, 15) is 4.79 Å². The monoisotopic (exact) mass is 388 g/mol. The number of hydrogen-bond donors (Lipinski definition) is 0. The Bertz CT molecular complexity index is 914. The Kier molecular flexibility index (Phi) is 7.07. The molecule has 1 atom stereocenters. The molecule has 0 aromatic heterocycles. The van der Waals surface area contributed by atoms with E-state index in [0.29, 0.717) is 24.7 Å². The molecule has 0 radical (unpaired) electrons. The van der Waals surface area contributed by atoms with Crippen LogP contribution in [0.3, 0.4) is 0 Å². The van der Waals surface area contributed by atoms with E-state index in [-0.39, 0.29) is 5.97 Å². The maximum Gasteiger partial charge on any atom is 0.347 e. The first-order valence-electron chi connectivity index (χ1n) is 10.1. The molecule has 0 N–H and O–H groups in total. The van der Waals surface area contributed by atoms with Gasteiger partial charge in [0, 0.05) is 6.42 Å². The number of ether oxygens (including phenoxy) is 2. The Morgan fingerprint density at radius 1 is 0.862 bits per heavy atom. The minimum absolute atomic E-state index is 0.332. The van der Waals surface area contributed by atoms with Crippen LogP contribution in [0.15, 0.2) is 78.9 Å². The van der Waals surface area contributed by atoms with Crippen LogP contribution >= 0.6 is 0 Å². The lowest BCUT2D eigenvalue weighted by Crippen LogP contribution is -2.31. The van der Waals surface area contributed by atoms with E-state index in [1.54, 1.807) is 6.92 Å². The van der Waals surface area contributed by atoms with Gasteiger partial charge in [-0.1, -0.05) is 80.6 Å². The van der Waals surface area contributed by atoms with Crippen LogP contribution in [0.2, 0.25) is 0 Å². The normalized spacial score (nSPS) is 11.9. The molecule has 0 heterocycles. The Hall–Kier alpha value is -3.07. The van der Waals surface area contributed by atoms with Crippen LogP contribution in [0.5, 0.6) is 5.75 Å². The molecule has 0 unspecified atom stereocenters. The first kappa shape index (κ1) is 20.7. The van der Waals surface area contributed by atoms with E-state index in [1.807, 2.05) is 54.6 Å². The third-order valence-electron chi connectivity index (χ3n) is 4.84. The summed E-state index contributed by atoms with van der Waals surface area (Å²) in [5.74, 6) is 0.761. The third-order valence-corrected chi connectivity index (χ3v) is 4.84. The Morgan fingerprint density at radius 3 is 2.17 bits per heavy atom. The molecule has 0 bridgehead atoms. The van der Waals surface area contributed by atoms with E-state index in [2.05, 4.69) is 38.1 Å². The zero-order valence-electron chi connectivity index (χ0n) is 17.3. The molecule has 0 saturated carbocycles. The van der Waals surface area contributed by atoms with Crippen molar-refractivity contribution in [2.75, 3.05) is 6.61 Å². The SMILES string of the molecule is CCOC(=O)[C@@H](Cc1ccccc1)Oc1ccc(-c2ccccc2C(C)C)cc1. The summed E-state index contributed by atoms with van der Waals surface area (Å²) in [5.41, 5.74) is 4.71. The van der Waals surface area contributed by atoms with Gasteiger partial charge in [0.15, 0.2) is 6.10 Å². The molecule has 0 saturated heterocycles. The fourth-order valence-corrected chi connectivity index (χ4v) is 3.38. The van der Waals surface area contributed by atoms with Gasteiger partial charge < -0.3 is 9.47 Å². The summed E-state index contributed by atoms with van der Waals surface area (Å²) in [7, 11) is 0. The van der Waals surface area contributed by atoms with Crippen molar-refractivity contribution >= 4 is 5.97 Å². The van der Waals surface area contributed by atoms with Gasteiger partial charge in [-0.15, -0.1) is 0 Å². The molecule has 3 nitrogen and oxygen atoms in total. The average molecular weight is 389 g/mol. The predicted octanol–water partition coefficient (Wildman–Crippen LogP) is 6.03. The Balaban J connectivity index is 1.79. The van der Waals surface area contributed by atoms with Gasteiger partial charge in [0.05, 0.1) is 6.61 Å². The minimum Gasteiger partial charge on any atom is -0.478 e. The van der Waals surface area contributed by atoms with Crippen molar-refractivity contribution in [1.29, 1.82) is 0 Å². The fourth-order valence-electron chi connectivity index (χ4n) is 3.38. The van der Waals surface area contributed by atoms with Crippen LogP contribution in [0.1, 0.15) is 37.8 Å². The van der Waals surface area contributed by atoms with Crippen molar-refractivity contribution in [3.05, 3.63) is 90.0 Å². The van der Waals surface area contributed by atoms with Crippen molar-refractivity contribution in [3.63, 3.8) is 0 Å². The molecule has 0 amide bonds. The molecular formula is C26H28O3. The second-order valence-corrected chi connectivity index (χ2v) is 7.31. The molecule has 3 rings (SSSR count).